The summed E-state index contributed by atoms with van der Waals surface area (Å²) in [6.07, 6.45) is 0. The Morgan fingerprint density at radius 3 is 2.20 bits per heavy atom. The van der Waals surface area contributed by atoms with Gasteiger partial charge in [0, 0.05) is 12.1 Å². The van der Waals surface area contributed by atoms with Gasteiger partial charge in [0.05, 0.1) is 5.02 Å². The molecule has 0 aliphatic heterocycles. The van der Waals surface area contributed by atoms with Gasteiger partial charge in [0.15, 0.2) is 0 Å². The molecule has 0 aliphatic rings. The first kappa shape index (κ1) is 14.9. The highest BCUT2D eigenvalue weighted by Crippen LogP contribution is 2.23. The molecule has 0 amide bonds. The summed E-state index contributed by atoms with van der Waals surface area (Å²) in [6, 6.07) is 11.1. The second kappa shape index (κ2) is 6.33. The maximum atomic E-state index is 13.2. The number of halogens is 3. The predicted octanol–water partition coefficient (Wildman–Crippen LogP) is 5.03. The second-order valence-corrected chi connectivity index (χ2v) is 5.25. The number of hydrogen-bond acceptors (Lipinski definition) is 1. The van der Waals surface area contributed by atoms with Crippen LogP contribution >= 0.6 is 11.6 Å². The van der Waals surface area contributed by atoms with Crippen LogP contribution in [-0.4, -0.2) is 0 Å². The normalized spacial score (nSPS) is 14.1. The zero-order chi connectivity index (χ0) is 14.7. The maximum Gasteiger partial charge on any atom is 0.141 e. The number of rotatable bonds is 4. The summed E-state index contributed by atoms with van der Waals surface area (Å²) < 4.78 is 26.3. The molecule has 0 aliphatic carbocycles. The molecule has 4 heteroatoms. The van der Waals surface area contributed by atoms with E-state index < -0.39 is 5.82 Å². The zero-order valence-electron chi connectivity index (χ0n) is 11.3. The van der Waals surface area contributed by atoms with E-state index in [9.17, 15) is 8.78 Å². The minimum absolute atomic E-state index is 0.0219. The van der Waals surface area contributed by atoms with Gasteiger partial charge in [-0.15, -0.1) is 0 Å². The molecule has 0 radical (unpaired) electrons. The van der Waals surface area contributed by atoms with Gasteiger partial charge in [0.2, 0.25) is 0 Å². The highest BCUT2D eigenvalue weighted by molar-refractivity contribution is 6.30. The minimum atomic E-state index is -0.430. The highest BCUT2D eigenvalue weighted by atomic mass is 35.5. The van der Waals surface area contributed by atoms with Crippen LogP contribution in [0.3, 0.4) is 0 Å². The smallest absolute Gasteiger partial charge is 0.141 e. The van der Waals surface area contributed by atoms with Crippen molar-refractivity contribution in [2.45, 2.75) is 25.9 Å². The molecule has 0 saturated carbocycles. The van der Waals surface area contributed by atoms with E-state index >= 15 is 0 Å². The Balaban J connectivity index is 2.10. The molecule has 1 nitrogen and oxygen atoms in total. The first-order valence-corrected chi connectivity index (χ1v) is 6.81. The predicted molar refractivity (Wildman–Crippen MR) is 77.8 cm³/mol. The van der Waals surface area contributed by atoms with Crippen LogP contribution in [-0.2, 0) is 0 Å². The molecule has 2 aromatic carbocycles. The summed E-state index contributed by atoms with van der Waals surface area (Å²) in [5.74, 6) is -0.686. The number of benzene rings is 2. The van der Waals surface area contributed by atoms with Gasteiger partial charge in [0.1, 0.15) is 11.6 Å². The van der Waals surface area contributed by atoms with Gasteiger partial charge >= 0.3 is 0 Å². The number of nitrogens with one attached hydrogen (secondary N) is 1. The molecule has 2 aromatic rings. The molecule has 0 saturated heterocycles. The Morgan fingerprint density at radius 2 is 1.60 bits per heavy atom. The van der Waals surface area contributed by atoms with Crippen molar-refractivity contribution in [3.63, 3.8) is 0 Å². The molecule has 2 atom stereocenters. The van der Waals surface area contributed by atoms with Crippen LogP contribution in [0.15, 0.2) is 42.5 Å². The SMILES string of the molecule is CC(N[C@H](C)c1cccc(F)c1)c1ccc(F)c(Cl)c1. The summed E-state index contributed by atoms with van der Waals surface area (Å²) in [5.41, 5.74) is 1.75. The van der Waals surface area contributed by atoms with Crippen molar-refractivity contribution in [3.8, 4) is 0 Å². The summed E-state index contributed by atoms with van der Waals surface area (Å²) >= 11 is 5.78. The molecule has 0 heterocycles. The first-order chi connectivity index (χ1) is 9.47. The fourth-order valence-electron chi connectivity index (χ4n) is 2.13. The molecule has 1 N–H and O–H groups in total. The second-order valence-electron chi connectivity index (χ2n) is 4.84. The lowest BCUT2D eigenvalue weighted by atomic mass is 10.0. The van der Waals surface area contributed by atoms with Crippen molar-refractivity contribution in [3.05, 3.63) is 70.2 Å². The molecule has 20 heavy (non-hydrogen) atoms. The van der Waals surface area contributed by atoms with Gasteiger partial charge in [-0.1, -0.05) is 29.8 Å². The van der Waals surface area contributed by atoms with E-state index in [0.717, 1.165) is 11.1 Å². The summed E-state index contributed by atoms with van der Waals surface area (Å²) in [5, 5.41) is 3.44. The van der Waals surface area contributed by atoms with Gasteiger partial charge < -0.3 is 5.32 Å². The van der Waals surface area contributed by atoms with Crippen molar-refractivity contribution < 1.29 is 8.78 Å². The average molecular weight is 296 g/mol. The lowest BCUT2D eigenvalue weighted by Crippen LogP contribution is -2.22. The molecule has 0 fully saturated rings. The zero-order valence-corrected chi connectivity index (χ0v) is 12.1. The van der Waals surface area contributed by atoms with Gasteiger partial charge in [-0.3, -0.25) is 0 Å². The summed E-state index contributed by atoms with van der Waals surface area (Å²) in [6.45, 7) is 3.91. The third-order valence-corrected chi connectivity index (χ3v) is 3.58. The van der Waals surface area contributed by atoms with Crippen LogP contribution in [0.5, 0.6) is 0 Å². The highest BCUT2D eigenvalue weighted by Gasteiger charge is 2.13. The number of hydrogen-bond donors (Lipinski definition) is 1. The average Bonchev–Trinajstić information content (AvgIpc) is 2.41. The Labute approximate surface area is 122 Å². The van der Waals surface area contributed by atoms with Crippen LogP contribution < -0.4 is 5.32 Å². The third kappa shape index (κ3) is 3.56. The van der Waals surface area contributed by atoms with Crippen LogP contribution in [0.1, 0.15) is 37.1 Å². The van der Waals surface area contributed by atoms with E-state index in [4.69, 9.17) is 11.6 Å². The fourth-order valence-corrected chi connectivity index (χ4v) is 2.31. The van der Waals surface area contributed by atoms with Crippen molar-refractivity contribution in [2.24, 2.45) is 0 Å². The first-order valence-electron chi connectivity index (χ1n) is 6.44. The third-order valence-electron chi connectivity index (χ3n) is 3.29. The fraction of sp³-hybridized carbons (Fsp3) is 0.250. The Hall–Kier alpha value is -1.45. The van der Waals surface area contributed by atoms with E-state index in [1.807, 2.05) is 19.9 Å². The molecule has 0 bridgehead atoms. The van der Waals surface area contributed by atoms with Crippen molar-refractivity contribution in [2.75, 3.05) is 0 Å². The van der Waals surface area contributed by atoms with E-state index in [1.165, 1.54) is 18.2 Å². The van der Waals surface area contributed by atoms with Crippen LogP contribution in [0.25, 0.3) is 0 Å². The Bertz CT molecular complexity index is 601. The van der Waals surface area contributed by atoms with E-state index in [2.05, 4.69) is 5.32 Å². The van der Waals surface area contributed by atoms with Gasteiger partial charge in [-0.05, 0) is 49.2 Å². The quantitative estimate of drug-likeness (QED) is 0.834. The van der Waals surface area contributed by atoms with E-state index in [0.29, 0.717) is 0 Å². The molecule has 106 valence electrons. The van der Waals surface area contributed by atoms with E-state index in [1.54, 1.807) is 18.2 Å². The van der Waals surface area contributed by atoms with Crippen molar-refractivity contribution in [1.29, 1.82) is 0 Å². The molecular weight excluding hydrogens is 280 g/mol. The van der Waals surface area contributed by atoms with E-state index in [-0.39, 0.29) is 22.9 Å². The molecular formula is C16H16ClF2N. The van der Waals surface area contributed by atoms with Gasteiger partial charge in [-0.2, -0.15) is 0 Å². The standard InChI is InChI=1S/C16H16ClF2N/c1-10(12-4-3-5-14(18)8-12)20-11(2)13-6-7-16(19)15(17)9-13/h3-11,20H,1-2H3/t10-,11?/m1/s1. The lowest BCUT2D eigenvalue weighted by Gasteiger charge is -2.21. The topological polar surface area (TPSA) is 12.0 Å². The monoisotopic (exact) mass is 295 g/mol. The van der Waals surface area contributed by atoms with Crippen LogP contribution in [0.2, 0.25) is 5.02 Å². The van der Waals surface area contributed by atoms with Crippen molar-refractivity contribution in [1.82, 2.24) is 5.32 Å². The van der Waals surface area contributed by atoms with Crippen LogP contribution in [0.4, 0.5) is 8.78 Å². The largest absolute Gasteiger partial charge is 0.304 e. The Morgan fingerprint density at radius 1 is 0.950 bits per heavy atom. The minimum Gasteiger partial charge on any atom is -0.304 e. The van der Waals surface area contributed by atoms with Crippen LogP contribution in [0, 0.1) is 11.6 Å². The molecule has 0 aromatic heterocycles. The molecule has 1 unspecified atom stereocenters. The Kier molecular flexibility index (Phi) is 4.73. The van der Waals surface area contributed by atoms with Gasteiger partial charge in [0.25, 0.3) is 0 Å². The lowest BCUT2D eigenvalue weighted by molar-refractivity contribution is 0.491. The van der Waals surface area contributed by atoms with Crippen molar-refractivity contribution >= 4 is 11.6 Å². The molecule has 0 spiro atoms. The molecule has 2 rings (SSSR count). The summed E-state index contributed by atoms with van der Waals surface area (Å²) in [7, 11) is 0. The summed E-state index contributed by atoms with van der Waals surface area (Å²) in [4.78, 5) is 0. The maximum absolute atomic E-state index is 13.2. The van der Waals surface area contributed by atoms with Gasteiger partial charge in [-0.25, -0.2) is 8.78 Å².